The molecule has 0 aromatic heterocycles. The van der Waals surface area contributed by atoms with Crippen LogP contribution in [0.25, 0.3) is 0 Å². The molecule has 0 aliphatic heterocycles. The summed E-state index contributed by atoms with van der Waals surface area (Å²) in [6.07, 6.45) is 2.21. The summed E-state index contributed by atoms with van der Waals surface area (Å²) in [6.45, 7) is 12.7. The number of hydrogen-bond acceptors (Lipinski definition) is 5. The lowest BCUT2D eigenvalue weighted by Gasteiger charge is -2.27. The minimum absolute atomic E-state index is 0.166. The highest BCUT2D eigenvalue weighted by Gasteiger charge is 2.34. The van der Waals surface area contributed by atoms with E-state index in [0.29, 0.717) is 6.04 Å². The van der Waals surface area contributed by atoms with Crippen LogP contribution in [0, 0.1) is 0 Å². The summed E-state index contributed by atoms with van der Waals surface area (Å²) in [7, 11) is 3.22. The van der Waals surface area contributed by atoms with Crippen molar-refractivity contribution in [2.45, 2.75) is 75.7 Å². The minimum Gasteiger partial charge on any atom is -0.459 e. The number of hydrogen-bond donors (Lipinski definition) is 1. The van der Waals surface area contributed by atoms with Crippen LogP contribution in [0.2, 0.25) is 0 Å². The molecule has 134 valence electrons. The Labute approximate surface area is 154 Å². The number of ether oxygens (including phenoxy) is 1. The van der Waals surface area contributed by atoms with Gasteiger partial charge in [0.05, 0.1) is 0 Å². The number of likely N-dealkylation sites (N-methyl/N-ethyl adjacent to an activating group) is 1. The van der Waals surface area contributed by atoms with Crippen molar-refractivity contribution < 1.29 is 9.53 Å². The molecule has 24 heavy (non-hydrogen) atoms. The van der Waals surface area contributed by atoms with E-state index in [4.69, 9.17) is 4.74 Å². The summed E-state index contributed by atoms with van der Waals surface area (Å²) < 4.78 is 4.94. The van der Waals surface area contributed by atoms with Crippen molar-refractivity contribution in [2.24, 2.45) is 0 Å². The van der Waals surface area contributed by atoms with Crippen LogP contribution < -0.4 is 5.32 Å². The lowest BCUT2D eigenvalue weighted by molar-refractivity contribution is -0.156. The third-order valence-electron chi connectivity index (χ3n) is 3.84. The van der Waals surface area contributed by atoms with Gasteiger partial charge in [0.25, 0.3) is 0 Å². The van der Waals surface area contributed by atoms with Gasteiger partial charge >= 0.3 is 5.97 Å². The Kier molecular flexibility index (Phi) is 6.32. The number of carbonyl (C=O) groups is 1. The molecule has 1 aliphatic rings. The van der Waals surface area contributed by atoms with Gasteiger partial charge in [-0.05, 0) is 77.3 Å². The molecule has 3 nitrogen and oxygen atoms in total. The maximum atomic E-state index is 12.3. The molecular weight excluding hydrogens is 338 g/mol. The van der Waals surface area contributed by atoms with E-state index < -0.39 is 10.3 Å². The molecule has 0 bridgehead atoms. The van der Waals surface area contributed by atoms with Crippen LogP contribution in [0.15, 0.2) is 23.1 Å². The van der Waals surface area contributed by atoms with Crippen molar-refractivity contribution in [2.75, 3.05) is 6.54 Å². The minimum atomic E-state index is -0.580. The first kappa shape index (κ1) is 19.7. The van der Waals surface area contributed by atoms with E-state index in [1.165, 1.54) is 16.0 Å². The first-order chi connectivity index (χ1) is 11.1. The predicted molar refractivity (Wildman–Crippen MR) is 105 cm³/mol. The predicted octanol–water partition coefficient (Wildman–Crippen LogP) is 4.62. The molecule has 0 heterocycles. The Hall–Kier alpha value is -0.650. The maximum absolute atomic E-state index is 12.3. The highest BCUT2D eigenvalue weighted by molar-refractivity contribution is 8.77. The molecule has 1 atom stereocenters. The van der Waals surface area contributed by atoms with Gasteiger partial charge in [0.1, 0.15) is 10.3 Å². The highest BCUT2D eigenvalue weighted by Crippen LogP contribution is 2.43. The summed E-state index contributed by atoms with van der Waals surface area (Å²) in [4.78, 5) is 13.5. The molecule has 2 rings (SSSR count). The van der Waals surface area contributed by atoms with Gasteiger partial charge in [0, 0.05) is 10.9 Å². The van der Waals surface area contributed by atoms with E-state index in [0.717, 1.165) is 19.4 Å². The summed E-state index contributed by atoms with van der Waals surface area (Å²) in [5.41, 5.74) is 2.43. The summed E-state index contributed by atoms with van der Waals surface area (Å²) in [6, 6.07) is 7.23. The second-order valence-corrected chi connectivity index (χ2v) is 10.6. The van der Waals surface area contributed by atoms with Gasteiger partial charge < -0.3 is 10.1 Å². The monoisotopic (exact) mass is 367 g/mol. The maximum Gasteiger partial charge on any atom is 0.323 e. The standard InChI is InChI=1S/C19H29NO2S2/c1-7-20-15-10-13-8-9-16(12-14(13)11-15)23-24-19(5,6)17(21)22-18(2,3)4/h8-9,12,15,20H,7,10-11H2,1-6H3/t15-/m1/s1. The largest absolute Gasteiger partial charge is 0.459 e. The fraction of sp³-hybridized carbons (Fsp3) is 0.632. The first-order valence-electron chi connectivity index (χ1n) is 8.55. The highest BCUT2D eigenvalue weighted by atomic mass is 33.1. The smallest absolute Gasteiger partial charge is 0.323 e. The Morgan fingerprint density at radius 3 is 2.50 bits per heavy atom. The van der Waals surface area contributed by atoms with Crippen LogP contribution in [0.4, 0.5) is 0 Å². The van der Waals surface area contributed by atoms with Crippen molar-refractivity contribution in [3.05, 3.63) is 29.3 Å². The summed E-state index contributed by atoms with van der Waals surface area (Å²) >= 11 is 0. The second kappa shape index (κ2) is 7.71. The molecular formula is C19H29NO2S2. The fourth-order valence-electron chi connectivity index (χ4n) is 2.67. The third-order valence-corrected chi connectivity index (χ3v) is 7.03. The number of esters is 1. The zero-order chi connectivity index (χ0) is 18.0. The zero-order valence-corrected chi connectivity index (χ0v) is 17.2. The Balaban J connectivity index is 1.96. The van der Waals surface area contributed by atoms with Gasteiger partial charge in [0.15, 0.2) is 0 Å². The van der Waals surface area contributed by atoms with Crippen molar-refractivity contribution >= 4 is 27.6 Å². The SMILES string of the molecule is CCN[C@@H]1Cc2ccc(SSC(C)(C)C(=O)OC(C)(C)C)cc2C1. The molecule has 1 aromatic rings. The molecule has 0 fully saturated rings. The van der Waals surface area contributed by atoms with Gasteiger partial charge in [0.2, 0.25) is 0 Å². The number of benzene rings is 1. The van der Waals surface area contributed by atoms with E-state index in [1.807, 2.05) is 34.6 Å². The van der Waals surface area contributed by atoms with Crippen LogP contribution in [0.1, 0.15) is 52.7 Å². The molecule has 1 aromatic carbocycles. The Morgan fingerprint density at radius 1 is 1.21 bits per heavy atom. The Bertz CT molecular complexity index is 594. The normalized spacial score (nSPS) is 17.7. The Morgan fingerprint density at radius 2 is 1.88 bits per heavy atom. The average Bonchev–Trinajstić information content (AvgIpc) is 2.85. The number of fused-ring (bicyclic) bond motifs is 1. The number of rotatable bonds is 6. The molecule has 0 amide bonds. The average molecular weight is 368 g/mol. The van der Waals surface area contributed by atoms with Gasteiger partial charge in [-0.15, -0.1) is 0 Å². The molecule has 5 heteroatoms. The number of nitrogens with one attached hydrogen (secondary N) is 1. The van der Waals surface area contributed by atoms with Crippen molar-refractivity contribution in [3.63, 3.8) is 0 Å². The van der Waals surface area contributed by atoms with Gasteiger partial charge in [-0.1, -0.05) is 34.6 Å². The van der Waals surface area contributed by atoms with Gasteiger partial charge in [-0.3, -0.25) is 4.79 Å². The molecule has 0 saturated heterocycles. The van der Waals surface area contributed by atoms with E-state index >= 15 is 0 Å². The summed E-state index contributed by atoms with van der Waals surface area (Å²) in [5.74, 6) is -0.166. The van der Waals surface area contributed by atoms with Crippen LogP contribution >= 0.6 is 21.6 Å². The van der Waals surface area contributed by atoms with E-state index in [9.17, 15) is 4.79 Å². The molecule has 0 spiro atoms. The van der Waals surface area contributed by atoms with Crippen molar-refractivity contribution in [3.8, 4) is 0 Å². The summed E-state index contributed by atoms with van der Waals surface area (Å²) in [5, 5.41) is 3.53. The van der Waals surface area contributed by atoms with Crippen molar-refractivity contribution in [1.82, 2.24) is 5.32 Å². The first-order valence-corrected chi connectivity index (χ1v) is 10.7. The van der Waals surface area contributed by atoms with E-state index in [1.54, 1.807) is 21.6 Å². The van der Waals surface area contributed by atoms with Gasteiger partial charge in [-0.2, -0.15) is 0 Å². The fourth-order valence-corrected chi connectivity index (χ4v) is 4.82. The van der Waals surface area contributed by atoms with E-state index in [-0.39, 0.29) is 5.97 Å². The lowest BCUT2D eigenvalue weighted by Crippen LogP contribution is -2.35. The topological polar surface area (TPSA) is 38.3 Å². The molecule has 0 saturated carbocycles. The molecule has 0 unspecified atom stereocenters. The second-order valence-electron chi connectivity index (χ2n) is 7.77. The van der Waals surface area contributed by atoms with Crippen LogP contribution in [0.5, 0.6) is 0 Å². The lowest BCUT2D eigenvalue weighted by atomic mass is 10.1. The van der Waals surface area contributed by atoms with E-state index in [2.05, 4.69) is 30.4 Å². The van der Waals surface area contributed by atoms with Crippen LogP contribution in [-0.2, 0) is 22.4 Å². The quantitative estimate of drug-likeness (QED) is 0.586. The third kappa shape index (κ3) is 5.43. The zero-order valence-electron chi connectivity index (χ0n) is 15.6. The molecule has 1 N–H and O–H groups in total. The molecule has 1 aliphatic carbocycles. The van der Waals surface area contributed by atoms with Crippen molar-refractivity contribution in [1.29, 1.82) is 0 Å². The number of carbonyl (C=O) groups excluding carboxylic acids is 1. The molecule has 0 radical (unpaired) electrons. The van der Waals surface area contributed by atoms with Crippen LogP contribution in [-0.4, -0.2) is 28.9 Å². The van der Waals surface area contributed by atoms with Crippen LogP contribution in [0.3, 0.4) is 0 Å². The van der Waals surface area contributed by atoms with Gasteiger partial charge in [-0.25, -0.2) is 0 Å².